The summed E-state index contributed by atoms with van der Waals surface area (Å²) in [6.07, 6.45) is 0. The largest absolute Gasteiger partial charge is 0.307 e. The lowest BCUT2D eigenvalue weighted by atomic mass is 9.97. The second kappa shape index (κ2) is 8.83. The fraction of sp³-hybridized carbons (Fsp3) is 0.0588. The highest BCUT2D eigenvalue weighted by atomic mass is 15.0. The summed E-state index contributed by atoms with van der Waals surface area (Å²) in [5.74, 6) is 0. The number of nitrogens with zero attached hydrogens (tertiary/aromatic N) is 3. The summed E-state index contributed by atoms with van der Waals surface area (Å²) in [5.41, 5.74) is 9.92. The van der Waals surface area contributed by atoms with E-state index < -0.39 is 0 Å². The molecule has 5 aromatic carbocycles. The second-order valence-electron chi connectivity index (χ2n) is 9.36. The van der Waals surface area contributed by atoms with Crippen molar-refractivity contribution < 1.29 is 0 Å². The third kappa shape index (κ3) is 3.57. The molecule has 0 atom stereocenters. The molecule has 6 rings (SSSR count). The molecule has 0 amide bonds. The molecule has 0 N–H and O–H groups in total. The summed E-state index contributed by atoms with van der Waals surface area (Å²) in [5, 5.41) is 22.5. The lowest BCUT2D eigenvalue weighted by molar-refractivity contribution is 1.13. The average Bonchev–Trinajstić information content (AvgIpc) is 3.26. The van der Waals surface area contributed by atoms with E-state index in [4.69, 9.17) is 0 Å². The quantitative estimate of drug-likeness (QED) is 0.259. The molecule has 0 spiro atoms. The van der Waals surface area contributed by atoms with Gasteiger partial charge in [0.05, 0.1) is 27.8 Å². The Balaban J connectivity index is 1.76. The highest BCUT2D eigenvalue weighted by molar-refractivity contribution is 6.12. The lowest BCUT2D eigenvalue weighted by Crippen LogP contribution is -2.05. The maximum atomic E-state index is 10.2. The van der Waals surface area contributed by atoms with Crippen LogP contribution in [-0.2, 0) is 0 Å². The Morgan fingerprint density at radius 2 is 0.946 bits per heavy atom. The van der Waals surface area contributed by atoms with Crippen LogP contribution >= 0.6 is 0 Å². The molecule has 6 aromatic rings. The Bertz CT molecular complexity index is 1760. The molecule has 37 heavy (non-hydrogen) atoms. The number of fused-ring (bicyclic) bond motifs is 3. The van der Waals surface area contributed by atoms with Gasteiger partial charge in [-0.15, -0.1) is 0 Å². The van der Waals surface area contributed by atoms with Gasteiger partial charge in [-0.25, -0.2) is 0 Å². The van der Waals surface area contributed by atoms with E-state index in [1.54, 1.807) is 0 Å². The fourth-order valence-corrected chi connectivity index (χ4v) is 5.36. The van der Waals surface area contributed by atoms with Gasteiger partial charge in [0.15, 0.2) is 0 Å². The van der Waals surface area contributed by atoms with Gasteiger partial charge in [-0.05, 0) is 71.5 Å². The third-order valence-corrected chi connectivity index (χ3v) is 7.12. The van der Waals surface area contributed by atoms with Gasteiger partial charge in [-0.3, -0.25) is 0 Å². The molecule has 0 aliphatic rings. The lowest BCUT2D eigenvalue weighted by Gasteiger charge is -2.16. The average molecular weight is 474 g/mol. The smallest absolute Gasteiger partial charge is 0.102 e. The van der Waals surface area contributed by atoms with Crippen LogP contribution in [0.25, 0.3) is 49.7 Å². The highest BCUT2D eigenvalue weighted by Crippen LogP contribution is 2.39. The maximum Gasteiger partial charge on any atom is 0.102 e. The van der Waals surface area contributed by atoms with Crippen LogP contribution in [0.3, 0.4) is 0 Å². The minimum Gasteiger partial charge on any atom is -0.307 e. The van der Waals surface area contributed by atoms with Crippen molar-refractivity contribution in [1.29, 1.82) is 10.5 Å². The Kier molecular flexibility index (Phi) is 5.33. The van der Waals surface area contributed by atoms with E-state index in [1.807, 2.05) is 56.3 Å². The first kappa shape index (κ1) is 22.4. The first-order valence-electron chi connectivity index (χ1n) is 12.2. The van der Waals surface area contributed by atoms with Gasteiger partial charge in [-0.1, -0.05) is 78.9 Å². The van der Waals surface area contributed by atoms with Gasteiger partial charge in [0, 0.05) is 10.8 Å². The molecule has 1 aromatic heterocycles. The van der Waals surface area contributed by atoms with Crippen LogP contribution in [0.5, 0.6) is 0 Å². The first-order valence-corrected chi connectivity index (χ1v) is 12.2. The van der Waals surface area contributed by atoms with E-state index in [1.165, 1.54) is 0 Å². The summed E-state index contributed by atoms with van der Waals surface area (Å²) in [7, 11) is 0. The number of aryl methyl sites for hydroxylation is 2. The molecule has 3 nitrogen and oxygen atoms in total. The number of hydrogen-bond donors (Lipinski definition) is 0. The number of hydrogen-bond acceptors (Lipinski definition) is 2. The Morgan fingerprint density at radius 3 is 1.35 bits per heavy atom. The van der Waals surface area contributed by atoms with Crippen LogP contribution in [0, 0.1) is 36.5 Å². The minimum atomic E-state index is 0.528. The standard InChI is InChI=1S/C34H23N3/c1-22-17-23(2)31(21-36)34(30(22)20-35)37-32-15-13-26(24-9-5-3-6-10-24)18-28(32)29-19-27(14-16-33(29)37)25-11-7-4-8-12-25/h3-19H,1-2H3. The van der Waals surface area contributed by atoms with E-state index in [0.29, 0.717) is 16.8 Å². The van der Waals surface area contributed by atoms with Crippen molar-refractivity contribution in [2.24, 2.45) is 0 Å². The Morgan fingerprint density at radius 1 is 0.514 bits per heavy atom. The van der Waals surface area contributed by atoms with Gasteiger partial charge in [-0.2, -0.15) is 10.5 Å². The van der Waals surface area contributed by atoms with Gasteiger partial charge in [0.25, 0.3) is 0 Å². The zero-order valence-corrected chi connectivity index (χ0v) is 20.7. The topological polar surface area (TPSA) is 52.5 Å². The monoisotopic (exact) mass is 473 g/mol. The number of benzene rings is 5. The number of rotatable bonds is 3. The van der Waals surface area contributed by atoms with Crippen LogP contribution in [0.1, 0.15) is 22.3 Å². The molecule has 3 heteroatoms. The van der Waals surface area contributed by atoms with Gasteiger partial charge < -0.3 is 4.57 Å². The summed E-state index contributed by atoms with van der Waals surface area (Å²) in [4.78, 5) is 0. The van der Waals surface area contributed by atoms with E-state index in [-0.39, 0.29) is 0 Å². The Labute approximate surface area is 216 Å². The molecule has 0 aliphatic carbocycles. The van der Waals surface area contributed by atoms with Crippen molar-refractivity contribution in [1.82, 2.24) is 4.57 Å². The normalized spacial score (nSPS) is 10.9. The van der Waals surface area contributed by atoms with Gasteiger partial charge in [0.2, 0.25) is 0 Å². The van der Waals surface area contributed by atoms with Gasteiger partial charge in [0.1, 0.15) is 12.1 Å². The van der Waals surface area contributed by atoms with Crippen LogP contribution in [0.2, 0.25) is 0 Å². The number of nitriles is 2. The molecular weight excluding hydrogens is 450 g/mol. The second-order valence-corrected chi connectivity index (χ2v) is 9.36. The summed E-state index contributed by atoms with van der Waals surface area (Å²) in [6.45, 7) is 3.87. The molecule has 0 saturated carbocycles. The molecule has 0 radical (unpaired) electrons. The molecule has 0 bridgehead atoms. The van der Waals surface area contributed by atoms with Crippen molar-refractivity contribution in [2.75, 3.05) is 0 Å². The molecular formula is C34H23N3. The fourth-order valence-electron chi connectivity index (χ4n) is 5.36. The van der Waals surface area contributed by atoms with Crippen molar-refractivity contribution in [2.45, 2.75) is 13.8 Å². The van der Waals surface area contributed by atoms with Crippen molar-refractivity contribution in [3.05, 3.63) is 125 Å². The van der Waals surface area contributed by atoms with Gasteiger partial charge >= 0.3 is 0 Å². The SMILES string of the molecule is Cc1cc(C)c(C#N)c(-n2c3ccc(-c4ccccc4)cc3c3cc(-c4ccccc4)ccc32)c1C#N. The molecule has 0 fully saturated rings. The summed E-state index contributed by atoms with van der Waals surface area (Å²) < 4.78 is 2.10. The predicted molar refractivity (Wildman–Crippen MR) is 151 cm³/mol. The van der Waals surface area contributed by atoms with Crippen LogP contribution in [0.4, 0.5) is 0 Å². The molecule has 0 unspecified atom stereocenters. The summed E-state index contributed by atoms with van der Waals surface area (Å²) in [6, 6.07) is 40.3. The zero-order valence-electron chi connectivity index (χ0n) is 20.7. The Hall–Kier alpha value is -5.12. The highest BCUT2D eigenvalue weighted by Gasteiger charge is 2.22. The molecule has 0 aliphatic heterocycles. The molecule has 1 heterocycles. The first-order chi connectivity index (χ1) is 18.1. The molecule has 174 valence electrons. The predicted octanol–water partition coefficient (Wildman–Crippen LogP) is 8.48. The third-order valence-electron chi connectivity index (χ3n) is 7.12. The van der Waals surface area contributed by atoms with Crippen LogP contribution in [0.15, 0.2) is 103 Å². The van der Waals surface area contributed by atoms with Crippen molar-refractivity contribution in [3.8, 4) is 40.1 Å². The maximum absolute atomic E-state index is 10.2. The van der Waals surface area contributed by atoms with E-state index in [2.05, 4.69) is 77.4 Å². The molecule has 0 saturated heterocycles. The van der Waals surface area contributed by atoms with E-state index in [0.717, 1.165) is 55.2 Å². The summed E-state index contributed by atoms with van der Waals surface area (Å²) >= 11 is 0. The van der Waals surface area contributed by atoms with Crippen LogP contribution in [-0.4, -0.2) is 4.57 Å². The van der Waals surface area contributed by atoms with Crippen molar-refractivity contribution in [3.63, 3.8) is 0 Å². The van der Waals surface area contributed by atoms with Crippen molar-refractivity contribution >= 4 is 21.8 Å². The minimum absolute atomic E-state index is 0.528. The van der Waals surface area contributed by atoms with E-state index in [9.17, 15) is 10.5 Å². The number of aromatic nitrogens is 1. The zero-order chi connectivity index (χ0) is 25.5. The van der Waals surface area contributed by atoms with E-state index >= 15 is 0 Å². The van der Waals surface area contributed by atoms with Crippen LogP contribution < -0.4 is 0 Å².